The van der Waals surface area contributed by atoms with Crippen molar-refractivity contribution in [1.82, 2.24) is 14.9 Å². The summed E-state index contributed by atoms with van der Waals surface area (Å²) in [5.41, 5.74) is 8.93. The number of nitrogen functional groups attached to an aromatic ring is 1. The molecule has 0 aliphatic carbocycles. The van der Waals surface area contributed by atoms with Gasteiger partial charge in [0.25, 0.3) is 0 Å². The molecule has 0 aliphatic heterocycles. The van der Waals surface area contributed by atoms with Crippen LogP contribution < -0.4 is 11.1 Å². The number of methoxy groups -OCH3 is 1. The van der Waals surface area contributed by atoms with Crippen molar-refractivity contribution >= 4 is 17.6 Å². The molecule has 9 nitrogen and oxygen atoms in total. The first-order valence-corrected chi connectivity index (χ1v) is 11.1. The van der Waals surface area contributed by atoms with Crippen molar-refractivity contribution in [3.8, 4) is 17.3 Å². The molecule has 0 atom stereocenters. The topological polar surface area (TPSA) is 132 Å². The van der Waals surface area contributed by atoms with Crippen molar-refractivity contribution in [3.63, 3.8) is 0 Å². The first-order valence-electron chi connectivity index (χ1n) is 11.1. The maximum absolute atomic E-state index is 12.5. The monoisotopic (exact) mass is 464 g/mol. The van der Waals surface area contributed by atoms with E-state index in [4.69, 9.17) is 15.0 Å². The van der Waals surface area contributed by atoms with Crippen LogP contribution in [0.15, 0.2) is 34.9 Å². The van der Waals surface area contributed by atoms with Crippen molar-refractivity contribution < 1.29 is 14.1 Å². The van der Waals surface area contributed by atoms with Crippen LogP contribution in [0, 0.1) is 16.7 Å². The molecule has 0 unspecified atom stereocenters. The molecule has 2 heterocycles. The molecule has 9 heteroatoms. The van der Waals surface area contributed by atoms with Gasteiger partial charge in [0, 0.05) is 18.7 Å². The van der Waals surface area contributed by atoms with Gasteiger partial charge in [-0.15, -0.1) is 0 Å². The van der Waals surface area contributed by atoms with E-state index in [9.17, 15) is 10.1 Å². The summed E-state index contributed by atoms with van der Waals surface area (Å²) in [5.74, 6) is 0.416. The van der Waals surface area contributed by atoms with Gasteiger partial charge in [-0.1, -0.05) is 50.2 Å². The van der Waals surface area contributed by atoms with Crippen LogP contribution in [-0.2, 0) is 27.9 Å². The minimum absolute atomic E-state index is 0.0747. The predicted octanol–water partition coefficient (Wildman–Crippen LogP) is 4.14. The van der Waals surface area contributed by atoms with E-state index in [1.807, 2.05) is 38.1 Å². The molecule has 3 N–H and O–H groups in total. The Morgan fingerprint density at radius 2 is 1.91 bits per heavy atom. The molecule has 0 fully saturated rings. The lowest BCUT2D eigenvalue weighted by Gasteiger charge is -2.25. The Morgan fingerprint density at radius 1 is 1.24 bits per heavy atom. The highest BCUT2D eigenvalue weighted by Crippen LogP contribution is 2.31. The molecule has 34 heavy (non-hydrogen) atoms. The van der Waals surface area contributed by atoms with Gasteiger partial charge in [0.1, 0.15) is 23.1 Å². The summed E-state index contributed by atoms with van der Waals surface area (Å²) < 4.78 is 12.1. The molecule has 0 spiro atoms. The van der Waals surface area contributed by atoms with E-state index in [0.717, 1.165) is 23.2 Å². The number of aromatic nitrogens is 3. The Kier molecular flexibility index (Phi) is 7.12. The summed E-state index contributed by atoms with van der Waals surface area (Å²) in [6.07, 6.45) is 0.916. The molecule has 3 rings (SSSR count). The van der Waals surface area contributed by atoms with E-state index in [1.54, 1.807) is 17.9 Å². The second-order valence-corrected chi connectivity index (χ2v) is 10.2. The van der Waals surface area contributed by atoms with Crippen LogP contribution >= 0.6 is 0 Å². The summed E-state index contributed by atoms with van der Waals surface area (Å²) in [4.78, 5) is 12.5. The van der Waals surface area contributed by atoms with Crippen LogP contribution in [0.2, 0.25) is 0 Å². The summed E-state index contributed by atoms with van der Waals surface area (Å²) in [5, 5.41) is 21.0. The number of carbonyl (C=O) groups is 1. The molecule has 0 saturated heterocycles. The van der Waals surface area contributed by atoms with E-state index >= 15 is 0 Å². The average Bonchev–Trinajstić information content (AvgIpc) is 3.30. The number of nitriles is 1. The highest BCUT2D eigenvalue weighted by molar-refractivity contribution is 5.91. The lowest BCUT2D eigenvalue weighted by Crippen LogP contribution is -2.33. The number of hydrogen-bond donors (Lipinski definition) is 2. The Hall–Kier alpha value is -3.64. The van der Waals surface area contributed by atoms with Gasteiger partial charge in [-0.3, -0.25) is 10.1 Å². The number of nitrogens with one attached hydrogen (secondary N) is 1. The third kappa shape index (κ3) is 5.83. The lowest BCUT2D eigenvalue weighted by molar-refractivity contribution is -0.115. The van der Waals surface area contributed by atoms with Crippen molar-refractivity contribution in [3.05, 3.63) is 47.2 Å². The fourth-order valence-electron chi connectivity index (χ4n) is 3.76. The van der Waals surface area contributed by atoms with Gasteiger partial charge >= 0.3 is 0 Å². The summed E-state index contributed by atoms with van der Waals surface area (Å²) in [6.45, 7) is 10.6. The van der Waals surface area contributed by atoms with Crippen LogP contribution in [0.4, 0.5) is 11.7 Å². The minimum Gasteiger partial charge on any atom is -0.383 e. The number of amides is 1. The highest BCUT2D eigenvalue weighted by atomic mass is 16.5. The number of nitrogens with two attached hydrogens (primary N) is 1. The molecule has 0 bridgehead atoms. The smallest absolute Gasteiger partial charge is 0.231 e. The molecular formula is C25H32N6O3. The molecule has 3 aromatic rings. The van der Waals surface area contributed by atoms with Gasteiger partial charge in [-0.2, -0.15) is 10.4 Å². The number of hydrogen-bond acceptors (Lipinski definition) is 7. The van der Waals surface area contributed by atoms with Gasteiger partial charge < -0.3 is 15.0 Å². The number of rotatable bonds is 8. The van der Waals surface area contributed by atoms with Gasteiger partial charge in [0.15, 0.2) is 0 Å². The third-order valence-corrected chi connectivity index (χ3v) is 5.23. The predicted molar refractivity (Wildman–Crippen MR) is 130 cm³/mol. The number of anilines is 2. The maximum Gasteiger partial charge on any atom is 0.231 e. The van der Waals surface area contributed by atoms with Crippen molar-refractivity contribution in [1.29, 1.82) is 5.26 Å². The molecule has 180 valence electrons. The zero-order chi connectivity index (χ0) is 25.1. The van der Waals surface area contributed by atoms with Crippen molar-refractivity contribution in [2.24, 2.45) is 5.41 Å². The zero-order valence-electron chi connectivity index (χ0n) is 20.6. The Labute approximate surface area is 199 Å². The fourth-order valence-corrected chi connectivity index (χ4v) is 3.76. The first kappa shape index (κ1) is 25.0. The van der Waals surface area contributed by atoms with Crippen molar-refractivity contribution in [2.75, 3.05) is 24.8 Å². The van der Waals surface area contributed by atoms with E-state index in [-0.39, 0.29) is 17.7 Å². The number of benzene rings is 1. The van der Waals surface area contributed by atoms with Crippen LogP contribution in [-0.4, -0.2) is 34.6 Å². The number of nitrogens with zero attached hydrogens (tertiary/aromatic N) is 4. The quantitative estimate of drug-likeness (QED) is 0.512. The molecule has 0 radical (unpaired) electrons. The standard InChI is InChI=1S/C25H32N6O3/c1-24(2,3)13-18-12-21(34-30-18)28-20(32)11-16-7-9-17(10-8-16)22-19(14-26)23(27)31(29-22)25(4,5)15-33-6/h7-10,12H,11,13,15,27H2,1-6H3,(H,28,32). The number of ether oxygens (including phenoxy) is 1. The fraction of sp³-hybridized carbons (Fsp3) is 0.440. The molecule has 1 aromatic carbocycles. The molecule has 0 aliphatic rings. The Morgan fingerprint density at radius 3 is 2.50 bits per heavy atom. The summed E-state index contributed by atoms with van der Waals surface area (Å²) >= 11 is 0. The van der Waals surface area contributed by atoms with E-state index < -0.39 is 5.54 Å². The van der Waals surface area contributed by atoms with Gasteiger partial charge in [0.2, 0.25) is 11.8 Å². The van der Waals surface area contributed by atoms with E-state index in [1.165, 1.54) is 0 Å². The molecule has 0 saturated carbocycles. The second-order valence-electron chi connectivity index (χ2n) is 10.2. The maximum atomic E-state index is 12.5. The lowest BCUT2D eigenvalue weighted by atomic mass is 9.91. The largest absolute Gasteiger partial charge is 0.383 e. The Balaban J connectivity index is 1.72. The zero-order valence-corrected chi connectivity index (χ0v) is 20.6. The number of carbonyl (C=O) groups excluding carboxylic acids is 1. The average molecular weight is 465 g/mol. The van der Waals surface area contributed by atoms with Gasteiger partial charge in [0.05, 0.1) is 24.3 Å². The molecule has 2 aromatic heterocycles. The van der Waals surface area contributed by atoms with Gasteiger partial charge in [-0.25, -0.2) is 4.68 Å². The SMILES string of the molecule is COCC(C)(C)n1nc(-c2ccc(CC(=O)Nc3cc(CC(C)(C)C)no3)cc2)c(C#N)c1N. The minimum atomic E-state index is -0.520. The Bertz CT molecular complexity index is 1190. The van der Waals surface area contributed by atoms with Gasteiger partial charge in [-0.05, 0) is 31.2 Å². The van der Waals surface area contributed by atoms with Crippen molar-refractivity contribution in [2.45, 2.75) is 53.0 Å². The first-order chi connectivity index (χ1) is 15.9. The summed E-state index contributed by atoms with van der Waals surface area (Å²) in [6, 6.07) is 11.2. The van der Waals surface area contributed by atoms with Crippen LogP contribution in [0.25, 0.3) is 11.3 Å². The summed E-state index contributed by atoms with van der Waals surface area (Å²) in [7, 11) is 1.61. The molecular weight excluding hydrogens is 432 g/mol. The normalized spacial score (nSPS) is 11.9. The van der Waals surface area contributed by atoms with E-state index in [2.05, 4.69) is 42.4 Å². The van der Waals surface area contributed by atoms with Crippen LogP contribution in [0.1, 0.15) is 51.4 Å². The third-order valence-electron chi connectivity index (χ3n) is 5.23. The molecule has 1 amide bonds. The second kappa shape index (κ2) is 9.69. The van der Waals surface area contributed by atoms with Crippen LogP contribution in [0.3, 0.4) is 0 Å². The van der Waals surface area contributed by atoms with Crippen LogP contribution in [0.5, 0.6) is 0 Å². The van der Waals surface area contributed by atoms with E-state index in [0.29, 0.717) is 29.6 Å². The highest BCUT2D eigenvalue weighted by Gasteiger charge is 2.28.